The summed E-state index contributed by atoms with van der Waals surface area (Å²) in [6.45, 7) is -0.911. The zero-order chi connectivity index (χ0) is 20.2. The van der Waals surface area contributed by atoms with Crippen LogP contribution in [0.3, 0.4) is 0 Å². The van der Waals surface area contributed by atoms with Crippen LogP contribution in [0.4, 0.5) is 32.0 Å². The first-order chi connectivity index (χ1) is 12.5. The van der Waals surface area contributed by atoms with Gasteiger partial charge in [-0.15, -0.1) is 0 Å². The second-order valence-corrected chi connectivity index (χ2v) is 5.24. The number of hydrogen-bond donors (Lipinski definition) is 1. The molecule has 0 bridgehead atoms. The molecule has 144 valence electrons. The van der Waals surface area contributed by atoms with Crippen molar-refractivity contribution in [2.24, 2.45) is 0 Å². The molecule has 0 fully saturated rings. The molecule has 0 aromatic heterocycles. The van der Waals surface area contributed by atoms with Crippen LogP contribution in [-0.2, 0) is 21.9 Å². The minimum absolute atomic E-state index is 0.244. The molecule has 0 aliphatic rings. The van der Waals surface area contributed by atoms with Crippen molar-refractivity contribution in [3.63, 3.8) is 0 Å². The Morgan fingerprint density at radius 3 is 2.00 bits per heavy atom. The summed E-state index contributed by atoms with van der Waals surface area (Å²) in [6, 6.07) is 7.26. The van der Waals surface area contributed by atoms with E-state index in [0.29, 0.717) is 12.1 Å². The summed E-state index contributed by atoms with van der Waals surface area (Å²) < 4.78 is 80.4. The molecule has 0 unspecified atom stereocenters. The van der Waals surface area contributed by atoms with Gasteiger partial charge in [0.05, 0.1) is 22.4 Å². The summed E-state index contributed by atoms with van der Waals surface area (Å²) in [5, 5.41) is 1.97. The van der Waals surface area contributed by atoms with Gasteiger partial charge in [-0.3, -0.25) is 4.79 Å². The Labute approximate surface area is 148 Å². The molecular formula is C17H11F6NO3. The van der Waals surface area contributed by atoms with Gasteiger partial charge in [0.1, 0.15) is 0 Å². The molecule has 1 amide bonds. The number of anilines is 1. The van der Waals surface area contributed by atoms with Crippen LogP contribution in [0.5, 0.6) is 0 Å². The monoisotopic (exact) mass is 391 g/mol. The van der Waals surface area contributed by atoms with Crippen molar-refractivity contribution in [1.82, 2.24) is 0 Å². The third-order valence-corrected chi connectivity index (χ3v) is 3.29. The summed E-state index contributed by atoms with van der Waals surface area (Å²) in [7, 11) is 0. The molecule has 27 heavy (non-hydrogen) atoms. The molecule has 10 heteroatoms. The van der Waals surface area contributed by atoms with Gasteiger partial charge in [0.15, 0.2) is 6.61 Å². The van der Waals surface area contributed by atoms with E-state index in [0.717, 1.165) is 30.3 Å². The van der Waals surface area contributed by atoms with Gasteiger partial charge >= 0.3 is 18.3 Å². The largest absolute Gasteiger partial charge is 0.452 e. The van der Waals surface area contributed by atoms with E-state index in [2.05, 4.69) is 4.74 Å². The van der Waals surface area contributed by atoms with E-state index in [1.807, 2.05) is 5.32 Å². The Morgan fingerprint density at radius 2 is 1.44 bits per heavy atom. The van der Waals surface area contributed by atoms with Gasteiger partial charge in [0.2, 0.25) is 0 Å². The van der Waals surface area contributed by atoms with E-state index in [9.17, 15) is 35.9 Å². The summed E-state index contributed by atoms with van der Waals surface area (Å²) in [4.78, 5) is 23.4. The molecule has 2 aromatic rings. The molecule has 4 nitrogen and oxygen atoms in total. The maximum atomic E-state index is 12.8. The molecule has 0 aliphatic carbocycles. The predicted octanol–water partition coefficient (Wildman–Crippen LogP) is 4.52. The van der Waals surface area contributed by atoms with E-state index in [1.165, 1.54) is 6.07 Å². The summed E-state index contributed by atoms with van der Waals surface area (Å²) >= 11 is 0. The van der Waals surface area contributed by atoms with Crippen molar-refractivity contribution < 1.29 is 40.7 Å². The number of ether oxygens (including phenoxy) is 1. The van der Waals surface area contributed by atoms with Gasteiger partial charge in [0, 0.05) is 0 Å². The summed E-state index contributed by atoms with van der Waals surface area (Å²) in [6.07, 6.45) is -9.27. The maximum Gasteiger partial charge on any atom is 0.418 e. The number of amides is 1. The highest BCUT2D eigenvalue weighted by atomic mass is 19.4. The van der Waals surface area contributed by atoms with E-state index < -0.39 is 47.7 Å². The molecule has 0 saturated carbocycles. The van der Waals surface area contributed by atoms with Gasteiger partial charge in [0.25, 0.3) is 5.91 Å². The number of esters is 1. The lowest BCUT2D eigenvalue weighted by atomic mass is 10.1. The number of carbonyl (C=O) groups is 2. The molecule has 2 rings (SSSR count). The van der Waals surface area contributed by atoms with Crippen molar-refractivity contribution >= 4 is 17.6 Å². The van der Waals surface area contributed by atoms with Gasteiger partial charge in [-0.05, 0) is 36.4 Å². The Balaban J connectivity index is 1.97. The normalized spacial score (nSPS) is 11.8. The molecule has 0 heterocycles. The number of rotatable bonds is 4. The summed E-state index contributed by atoms with van der Waals surface area (Å²) in [5.41, 5.74) is -2.81. The van der Waals surface area contributed by atoms with E-state index in [-0.39, 0.29) is 5.56 Å². The van der Waals surface area contributed by atoms with Crippen LogP contribution in [0.1, 0.15) is 21.5 Å². The fraction of sp³-hybridized carbons (Fsp3) is 0.176. The topological polar surface area (TPSA) is 55.4 Å². The quantitative estimate of drug-likeness (QED) is 0.616. The first-order valence-corrected chi connectivity index (χ1v) is 7.29. The van der Waals surface area contributed by atoms with Crippen LogP contribution in [0.15, 0.2) is 48.5 Å². The lowest BCUT2D eigenvalue weighted by Crippen LogP contribution is -2.22. The minimum Gasteiger partial charge on any atom is -0.452 e. The number of hydrogen-bond acceptors (Lipinski definition) is 3. The van der Waals surface area contributed by atoms with Gasteiger partial charge in [-0.2, -0.15) is 26.3 Å². The Morgan fingerprint density at radius 1 is 0.852 bits per heavy atom. The third kappa shape index (κ3) is 5.47. The van der Waals surface area contributed by atoms with Crippen molar-refractivity contribution in [1.29, 1.82) is 0 Å². The highest BCUT2D eigenvalue weighted by molar-refractivity contribution is 5.96. The van der Waals surface area contributed by atoms with E-state index in [4.69, 9.17) is 0 Å². The number of para-hydroxylation sites is 1. The Bertz CT molecular complexity index is 828. The van der Waals surface area contributed by atoms with Crippen LogP contribution < -0.4 is 5.32 Å². The number of halogens is 6. The highest BCUT2D eigenvalue weighted by Gasteiger charge is 2.33. The highest BCUT2D eigenvalue weighted by Crippen LogP contribution is 2.34. The van der Waals surface area contributed by atoms with Crippen LogP contribution in [-0.4, -0.2) is 18.5 Å². The molecule has 0 saturated heterocycles. The van der Waals surface area contributed by atoms with Crippen LogP contribution in [0.25, 0.3) is 0 Å². The molecule has 0 aliphatic heterocycles. The van der Waals surface area contributed by atoms with Gasteiger partial charge in [-0.1, -0.05) is 12.1 Å². The van der Waals surface area contributed by atoms with Gasteiger partial charge in [-0.25, -0.2) is 4.79 Å². The van der Waals surface area contributed by atoms with E-state index in [1.54, 1.807) is 0 Å². The average molecular weight is 391 g/mol. The lowest BCUT2D eigenvalue weighted by molar-refractivity contribution is -0.138. The first-order valence-electron chi connectivity index (χ1n) is 7.29. The Hall–Kier alpha value is -3.04. The number of carbonyl (C=O) groups excluding carboxylic acids is 2. The fourth-order valence-electron chi connectivity index (χ4n) is 2.04. The van der Waals surface area contributed by atoms with Crippen LogP contribution in [0, 0.1) is 0 Å². The zero-order valence-electron chi connectivity index (χ0n) is 13.3. The van der Waals surface area contributed by atoms with Crippen molar-refractivity contribution in [3.05, 3.63) is 65.2 Å². The SMILES string of the molecule is O=C(COC(=O)c1ccc(C(F)(F)F)cc1)Nc1ccccc1C(F)(F)F. The molecule has 1 N–H and O–H groups in total. The molecule has 0 spiro atoms. The van der Waals surface area contributed by atoms with Crippen molar-refractivity contribution in [2.75, 3.05) is 11.9 Å². The predicted molar refractivity (Wildman–Crippen MR) is 81.8 cm³/mol. The zero-order valence-corrected chi connectivity index (χ0v) is 13.3. The maximum absolute atomic E-state index is 12.8. The number of benzene rings is 2. The minimum atomic E-state index is -4.69. The van der Waals surface area contributed by atoms with E-state index >= 15 is 0 Å². The smallest absolute Gasteiger partial charge is 0.418 e. The molecule has 2 aromatic carbocycles. The van der Waals surface area contributed by atoms with Gasteiger partial charge < -0.3 is 10.1 Å². The molecule has 0 radical (unpaired) electrons. The van der Waals surface area contributed by atoms with Crippen molar-refractivity contribution in [2.45, 2.75) is 12.4 Å². The van der Waals surface area contributed by atoms with Crippen LogP contribution in [0.2, 0.25) is 0 Å². The molecule has 0 atom stereocenters. The second kappa shape index (κ2) is 7.68. The van der Waals surface area contributed by atoms with Crippen molar-refractivity contribution in [3.8, 4) is 0 Å². The second-order valence-electron chi connectivity index (χ2n) is 5.24. The molecular weight excluding hydrogens is 380 g/mol. The number of alkyl halides is 6. The standard InChI is InChI=1S/C17H11F6NO3/c18-16(19,20)11-7-5-10(6-8-11)15(26)27-9-14(25)24-13-4-2-1-3-12(13)17(21,22)23/h1-8H,9H2,(H,24,25). The number of nitrogens with one attached hydrogen (secondary N) is 1. The average Bonchev–Trinajstić information content (AvgIpc) is 2.58. The van der Waals surface area contributed by atoms with Crippen LogP contribution >= 0.6 is 0 Å². The first kappa shape index (κ1) is 20.3. The fourth-order valence-corrected chi connectivity index (χ4v) is 2.04. The lowest BCUT2D eigenvalue weighted by Gasteiger charge is -2.13. The third-order valence-electron chi connectivity index (χ3n) is 3.29. The summed E-state index contributed by atoms with van der Waals surface area (Å²) in [5.74, 6) is -2.13. The Kier molecular flexibility index (Phi) is 5.77.